The number of aromatic nitrogens is 2. The molecular weight excluding hydrogens is 304 g/mol. The number of benzene rings is 1. The Morgan fingerprint density at radius 1 is 1.25 bits per heavy atom. The molecule has 0 saturated heterocycles. The van der Waals surface area contributed by atoms with Crippen molar-refractivity contribution in [3.8, 4) is 0 Å². The van der Waals surface area contributed by atoms with Crippen LogP contribution < -0.4 is 10.2 Å². The van der Waals surface area contributed by atoms with Crippen LogP contribution in [0.4, 0.5) is 11.4 Å². The maximum Gasteiger partial charge on any atom is 0.244 e. The molecule has 0 radical (unpaired) electrons. The molecule has 0 fully saturated rings. The predicted molar refractivity (Wildman–Crippen MR) is 91.8 cm³/mol. The molecule has 0 bridgehead atoms. The molecule has 1 aliphatic rings. The van der Waals surface area contributed by atoms with Gasteiger partial charge in [0.05, 0.1) is 17.6 Å². The van der Waals surface area contributed by atoms with Crippen molar-refractivity contribution in [3.05, 3.63) is 54.5 Å². The lowest BCUT2D eigenvalue weighted by Gasteiger charge is -2.28. The van der Waals surface area contributed by atoms with Gasteiger partial charge in [-0.05, 0) is 41.6 Å². The highest BCUT2D eigenvalue weighted by Crippen LogP contribution is 2.28. The Morgan fingerprint density at radius 3 is 3.08 bits per heavy atom. The van der Waals surface area contributed by atoms with Gasteiger partial charge in [-0.3, -0.25) is 14.6 Å². The zero-order chi connectivity index (χ0) is 16.5. The van der Waals surface area contributed by atoms with Gasteiger partial charge in [-0.2, -0.15) is 0 Å². The number of pyridine rings is 1. The van der Waals surface area contributed by atoms with Gasteiger partial charge in [0.2, 0.25) is 11.8 Å². The van der Waals surface area contributed by atoms with E-state index in [9.17, 15) is 9.59 Å². The fourth-order valence-electron chi connectivity index (χ4n) is 3.00. The number of aryl methyl sites for hydroxylation is 1. The van der Waals surface area contributed by atoms with Crippen LogP contribution in [-0.2, 0) is 16.0 Å². The summed E-state index contributed by atoms with van der Waals surface area (Å²) in [5.41, 5.74) is 3.47. The summed E-state index contributed by atoms with van der Waals surface area (Å²) in [5.74, 6) is -0.260. The molecule has 2 N–H and O–H groups in total. The zero-order valence-corrected chi connectivity index (χ0v) is 13.0. The van der Waals surface area contributed by atoms with Crippen LogP contribution in [0.3, 0.4) is 0 Å². The second kappa shape index (κ2) is 5.81. The summed E-state index contributed by atoms with van der Waals surface area (Å²) < 4.78 is 0. The molecule has 3 heterocycles. The van der Waals surface area contributed by atoms with Gasteiger partial charge in [-0.25, -0.2) is 0 Å². The van der Waals surface area contributed by atoms with Crippen LogP contribution in [0.5, 0.6) is 0 Å². The molecule has 3 aromatic rings. The minimum absolute atomic E-state index is 0.0483. The van der Waals surface area contributed by atoms with Gasteiger partial charge >= 0.3 is 0 Å². The lowest BCUT2D eigenvalue weighted by Crippen LogP contribution is -2.42. The Hall–Kier alpha value is -3.15. The van der Waals surface area contributed by atoms with Crippen LogP contribution in [0.2, 0.25) is 0 Å². The second-order valence-electron chi connectivity index (χ2n) is 5.82. The first-order valence-corrected chi connectivity index (χ1v) is 7.81. The zero-order valence-electron chi connectivity index (χ0n) is 13.0. The highest BCUT2D eigenvalue weighted by Gasteiger charge is 2.26. The first-order chi connectivity index (χ1) is 11.7. The van der Waals surface area contributed by atoms with Crippen LogP contribution in [0, 0.1) is 0 Å². The van der Waals surface area contributed by atoms with Crippen molar-refractivity contribution >= 4 is 34.1 Å². The SMILES string of the molecule is O=C1CN(C(=O)CCc2ccc3[nH]ccc3c2)c2ccncc2N1. The number of aromatic amines is 1. The number of H-pyrrole nitrogens is 1. The van der Waals surface area contributed by atoms with E-state index >= 15 is 0 Å². The van der Waals surface area contributed by atoms with Crippen molar-refractivity contribution in [1.82, 2.24) is 9.97 Å². The molecular formula is C18H16N4O2. The fourth-order valence-corrected chi connectivity index (χ4v) is 3.00. The molecule has 4 rings (SSSR count). The van der Waals surface area contributed by atoms with Gasteiger partial charge < -0.3 is 15.2 Å². The van der Waals surface area contributed by atoms with Gasteiger partial charge in [0.1, 0.15) is 6.54 Å². The minimum atomic E-state index is -0.197. The molecule has 1 aliphatic heterocycles. The van der Waals surface area contributed by atoms with Crippen molar-refractivity contribution in [3.63, 3.8) is 0 Å². The molecule has 0 unspecified atom stereocenters. The molecule has 6 nitrogen and oxygen atoms in total. The number of amides is 2. The van der Waals surface area contributed by atoms with Crippen molar-refractivity contribution in [2.24, 2.45) is 0 Å². The highest BCUT2D eigenvalue weighted by atomic mass is 16.2. The number of hydrogen-bond donors (Lipinski definition) is 2. The number of carbonyl (C=O) groups excluding carboxylic acids is 2. The molecule has 0 aliphatic carbocycles. The molecule has 2 aromatic heterocycles. The number of carbonyl (C=O) groups is 2. The monoisotopic (exact) mass is 320 g/mol. The Kier molecular flexibility index (Phi) is 3.49. The Bertz CT molecular complexity index is 931. The number of hydrogen-bond acceptors (Lipinski definition) is 3. The van der Waals surface area contributed by atoms with Crippen molar-refractivity contribution in [2.45, 2.75) is 12.8 Å². The molecule has 2 amide bonds. The summed E-state index contributed by atoms with van der Waals surface area (Å²) in [4.78, 5) is 33.1. The summed E-state index contributed by atoms with van der Waals surface area (Å²) >= 11 is 0. The molecule has 120 valence electrons. The van der Waals surface area contributed by atoms with Crippen LogP contribution in [0.15, 0.2) is 48.9 Å². The van der Waals surface area contributed by atoms with Crippen molar-refractivity contribution in [2.75, 3.05) is 16.8 Å². The molecule has 0 saturated carbocycles. The van der Waals surface area contributed by atoms with Crippen LogP contribution >= 0.6 is 0 Å². The number of anilines is 2. The van der Waals surface area contributed by atoms with Gasteiger partial charge in [-0.1, -0.05) is 6.07 Å². The minimum Gasteiger partial charge on any atom is -0.361 e. The molecule has 0 spiro atoms. The lowest BCUT2D eigenvalue weighted by atomic mass is 10.1. The van der Waals surface area contributed by atoms with E-state index in [0.717, 1.165) is 16.5 Å². The third-order valence-corrected chi connectivity index (χ3v) is 4.21. The third-order valence-electron chi connectivity index (χ3n) is 4.21. The fraction of sp³-hybridized carbons (Fsp3) is 0.167. The van der Waals surface area contributed by atoms with E-state index in [2.05, 4.69) is 21.4 Å². The van der Waals surface area contributed by atoms with Gasteiger partial charge in [-0.15, -0.1) is 0 Å². The van der Waals surface area contributed by atoms with E-state index in [0.29, 0.717) is 24.2 Å². The number of rotatable bonds is 3. The predicted octanol–water partition coefficient (Wildman–Crippen LogP) is 2.48. The van der Waals surface area contributed by atoms with E-state index in [1.807, 2.05) is 24.4 Å². The average Bonchev–Trinajstić information content (AvgIpc) is 3.06. The van der Waals surface area contributed by atoms with E-state index in [1.165, 1.54) is 4.90 Å². The summed E-state index contributed by atoms with van der Waals surface area (Å²) in [5, 5.41) is 3.87. The second-order valence-corrected chi connectivity index (χ2v) is 5.82. The maximum absolute atomic E-state index is 12.6. The first-order valence-electron chi connectivity index (χ1n) is 7.81. The summed E-state index contributed by atoms with van der Waals surface area (Å²) in [6, 6.07) is 9.88. The third kappa shape index (κ3) is 2.62. The summed E-state index contributed by atoms with van der Waals surface area (Å²) in [7, 11) is 0. The summed E-state index contributed by atoms with van der Waals surface area (Å²) in [6.45, 7) is 0.0483. The maximum atomic E-state index is 12.6. The van der Waals surface area contributed by atoms with E-state index in [-0.39, 0.29) is 18.4 Å². The molecule has 1 aromatic carbocycles. The number of nitrogens with one attached hydrogen (secondary N) is 2. The molecule has 0 atom stereocenters. The standard InChI is InChI=1S/C18H16N4O2/c23-17-11-22(16-6-7-19-10-15(16)21-17)18(24)4-2-12-1-3-14-13(9-12)5-8-20-14/h1,3,5-10,20H,2,4,11H2,(H,21,23). The van der Waals surface area contributed by atoms with Crippen molar-refractivity contribution < 1.29 is 9.59 Å². The normalized spacial score (nSPS) is 13.7. The quantitative estimate of drug-likeness (QED) is 0.778. The molecule has 6 heteroatoms. The molecule has 24 heavy (non-hydrogen) atoms. The summed E-state index contributed by atoms with van der Waals surface area (Å²) in [6.07, 6.45) is 6.07. The highest BCUT2D eigenvalue weighted by molar-refractivity contribution is 6.09. The van der Waals surface area contributed by atoms with E-state index < -0.39 is 0 Å². The van der Waals surface area contributed by atoms with Crippen LogP contribution in [-0.4, -0.2) is 28.3 Å². The van der Waals surface area contributed by atoms with Crippen molar-refractivity contribution in [1.29, 1.82) is 0 Å². The smallest absolute Gasteiger partial charge is 0.244 e. The Morgan fingerprint density at radius 2 is 2.17 bits per heavy atom. The van der Waals surface area contributed by atoms with Gasteiger partial charge in [0, 0.05) is 24.3 Å². The van der Waals surface area contributed by atoms with E-state index in [1.54, 1.807) is 18.5 Å². The van der Waals surface area contributed by atoms with Gasteiger partial charge in [0.25, 0.3) is 0 Å². The Balaban J connectivity index is 1.51. The average molecular weight is 320 g/mol. The van der Waals surface area contributed by atoms with E-state index in [4.69, 9.17) is 0 Å². The van der Waals surface area contributed by atoms with Crippen LogP contribution in [0.1, 0.15) is 12.0 Å². The lowest BCUT2D eigenvalue weighted by molar-refractivity contribution is -0.121. The first kappa shape index (κ1) is 14.4. The number of nitrogens with zero attached hydrogens (tertiary/aromatic N) is 2. The van der Waals surface area contributed by atoms with Crippen LogP contribution in [0.25, 0.3) is 10.9 Å². The topological polar surface area (TPSA) is 78.1 Å². The largest absolute Gasteiger partial charge is 0.361 e. The Labute approximate surface area is 138 Å². The number of fused-ring (bicyclic) bond motifs is 2. The van der Waals surface area contributed by atoms with Gasteiger partial charge in [0.15, 0.2) is 0 Å².